The Morgan fingerprint density at radius 2 is 1.92 bits per heavy atom. The number of rotatable bonds is 4. The van der Waals surface area contributed by atoms with Gasteiger partial charge in [0.1, 0.15) is 5.37 Å². The van der Waals surface area contributed by atoms with Crippen LogP contribution in [-0.2, 0) is 0 Å². The van der Waals surface area contributed by atoms with Gasteiger partial charge < -0.3 is 10.3 Å². The predicted octanol–water partition coefficient (Wildman–Crippen LogP) is 3.94. The van der Waals surface area contributed by atoms with Crippen LogP contribution in [0.1, 0.15) is 36.4 Å². The Hall–Kier alpha value is -2.06. The van der Waals surface area contributed by atoms with Crippen LogP contribution in [0.15, 0.2) is 34.8 Å². The highest BCUT2D eigenvalue weighted by molar-refractivity contribution is 7.99. The molecule has 1 unspecified atom stereocenters. The van der Waals surface area contributed by atoms with Gasteiger partial charge in [0, 0.05) is 25.2 Å². The fraction of sp³-hybridized carbons (Fsp3) is 0.353. The van der Waals surface area contributed by atoms with Crippen molar-refractivity contribution in [1.82, 2.24) is 19.9 Å². The molecule has 0 amide bonds. The van der Waals surface area contributed by atoms with Crippen molar-refractivity contribution in [2.45, 2.75) is 30.3 Å². The number of hydrogen-bond donors (Lipinski definition) is 1. The van der Waals surface area contributed by atoms with E-state index in [1.54, 1.807) is 23.1 Å². The van der Waals surface area contributed by atoms with Crippen molar-refractivity contribution in [2.24, 2.45) is 0 Å². The van der Waals surface area contributed by atoms with E-state index in [1.165, 1.54) is 11.3 Å². The topological polar surface area (TPSA) is 58.9 Å². The van der Waals surface area contributed by atoms with Gasteiger partial charge in [-0.2, -0.15) is 0 Å². The van der Waals surface area contributed by atoms with Gasteiger partial charge >= 0.3 is 0 Å². The molecule has 1 atom stereocenters. The number of thiazole rings is 1. The van der Waals surface area contributed by atoms with Crippen LogP contribution in [0.3, 0.4) is 0 Å². The van der Waals surface area contributed by atoms with Crippen molar-refractivity contribution in [3.63, 3.8) is 0 Å². The smallest absolute Gasteiger partial charge is 0.212 e. The highest BCUT2D eigenvalue weighted by Crippen LogP contribution is 2.40. The van der Waals surface area contributed by atoms with Crippen LogP contribution in [0.25, 0.3) is 10.8 Å². The summed E-state index contributed by atoms with van der Waals surface area (Å²) in [5.41, 5.74) is 7.00. The molecule has 0 fully saturated rings. The zero-order valence-corrected chi connectivity index (χ0v) is 16.2. The molecule has 4 rings (SSSR count). The maximum absolute atomic E-state index is 4.70. The maximum Gasteiger partial charge on any atom is 0.212 e. The lowest BCUT2D eigenvalue weighted by molar-refractivity contribution is 0.789. The summed E-state index contributed by atoms with van der Waals surface area (Å²) in [5, 5.41) is 12.6. The maximum atomic E-state index is 4.70. The fourth-order valence-electron chi connectivity index (χ4n) is 2.59. The highest BCUT2D eigenvalue weighted by atomic mass is 32.2. The molecule has 2 aromatic heterocycles. The van der Waals surface area contributed by atoms with Crippen molar-refractivity contribution in [3.05, 3.63) is 40.9 Å². The minimum Gasteiger partial charge on any atom is -0.378 e. The molecule has 1 aliphatic heterocycles. The molecule has 6 nitrogen and oxygen atoms in total. The molecule has 8 heteroatoms. The van der Waals surface area contributed by atoms with E-state index in [0.717, 1.165) is 21.7 Å². The third-order valence-corrected chi connectivity index (χ3v) is 6.06. The van der Waals surface area contributed by atoms with E-state index in [-0.39, 0.29) is 5.37 Å². The number of aromatic nitrogens is 4. The van der Waals surface area contributed by atoms with Crippen molar-refractivity contribution in [2.75, 3.05) is 24.4 Å². The number of fused-ring (bicyclic) bond motifs is 1. The van der Waals surface area contributed by atoms with Gasteiger partial charge in [0.25, 0.3) is 0 Å². The molecule has 0 bridgehead atoms. The third-order valence-electron chi connectivity index (χ3n) is 4.12. The first-order chi connectivity index (χ1) is 12.0. The molecule has 1 aromatic carbocycles. The third kappa shape index (κ3) is 3.00. The lowest BCUT2D eigenvalue weighted by atomic mass is 10.2. The number of thioether (sulfide) groups is 1. The summed E-state index contributed by atoms with van der Waals surface area (Å²) in [4.78, 5) is 6.80. The fourth-order valence-corrected chi connectivity index (χ4v) is 4.54. The molecule has 0 saturated heterocycles. The van der Waals surface area contributed by atoms with Gasteiger partial charge in [0.05, 0.1) is 5.69 Å². The van der Waals surface area contributed by atoms with E-state index in [0.29, 0.717) is 5.92 Å². The average Bonchev–Trinajstić information content (AvgIpc) is 3.29. The SMILES string of the molecule is CC(C)c1csc(-c2nnc3n2NC(c2ccc(N(C)C)cc2)S3)n1. The minimum atomic E-state index is 0.130. The van der Waals surface area contributed by atoms with E-state index in [4.69, 9.17) is 4.98 Å². The number of nitrogens with one attached hydrogen (secondary N) is 1. The van der Waals surface area contributed by atoms with Crippen LogP contribution in [-0.4, -0.2) is 34.0 Å². The van der Waals surface area contributed by atoms with Crippen LogP contribution < -0.4 is 10.3 Å². The van der Waals surface area contributed by atoms with E-state index >= 15 is 0 Å². The second kappa shape index (κ2) is 6.34. The van der Waals surface area contributed by atoms with Crippen LogP contribution >= 0.6 is 23.1 Å². The molecule has 1 N–H and O–H groups in total. The Bertz CT molecular complexity index is 881. The van der Waals surface area contributed by atoms with E-state index in [2.05, 4.69) is 64.0 Å². The molecule has 0 spiro atoms. The zero-order valence-electron chi connectivity index (χ0n) is 14.6. The van der Waals surface area contributed by atoms with Crippen LogP contribution in [0.5, 0.6) is 0 Å². The average molecular weight is 373 g/mol. The molecule has 25 heavy (non-hydrogen) atoms. The van der Waals surface area contributed by atoms with Gasteiger partial charge in [0.15, 0.2) is 5.01 Å². The number of benzene rings is 1. The Labute approximate surface area is 155 Å². The van der Waals surface area contributed by atoms with Crippen LogP contribution in [0.4, 0.5) is 5.69 Å². The largest absolute Gasteiger partial charge is 0.378 e. The Morgan fingerprint density at radius 3 is 2.56 bits per heavy atom. The number of hydrogen-bond acceptors (Lipinski definition) is 7. The van der Waals surface area contributed by atoms with Gasteiger partial charge in [-0.3, -0.25) is 0 Å². The monoisotopic (exact) mass is 372 g/mol. The summed E-state index contributed by atoms with van der Waals surface area (Å²) in [5.74, 6) is 1.20. The quantitative estimate of drug-likeness (QED) is 0.749. The molecule has 0 saturated carbocycles. The van der Waals surface area contributed by atoms with Crippen molar-refractivity contribution in [3.8, 4) is 10.8 Å². The lowest BCUT2D eigenvalue weighted by Gasteiger charge is -2.15. The summed E-state index contributed by atoms with van der Waals surface area (Å²) in [6.07, 6.45) is 0. The van der Waals surface area contributed by atoms with Gasteiger partial charge in [-0.1, -0.05) is 37.7 Å². The van der Waals surface area contributed by atoms with Crippen LogP contribution in [0, 0.1) is 0 Å². The van der Waals surface area contributed by atoms with Crippen molar-refractivity contribution < 1.29 is 0 Å². The molecular formula is C17H20N6S2. The molecular weight excluding hydrogens is 352 g/mol. The molecule has 0 aliphatic carbocycles. The Morgan fingerprint density at radius 1 is 1.16 bits per heavy atom. The molecule has 130 valence electrons. The molecule has 0 radical (unpaired) electrons. The van der Waals surface area contributed by atoms with E-state index in [1.807, 2.05) is 18.8 Å². The number of nitrogens with zero attached hydrogens (tertiary/aromatic N) is 5. The van der Waals surface area contributed by atoms with E-state index in [9.17, 15) is 0 Å². The Balaban J connectivity index is 1.58. The first-order valence-electron chi connectivity index (χ1n) is 8.14. The summed E-state index contributed by atoms with van der Waals surface area (Å²) in [6.45, 7) is 4.29. The lowest BCUT2D eigenvalue weighted by Crippen LogP contribution is -2.14. The summed E-state index contributed by atoms with van der Waals surface area (Å²) in [7, 11) is 4.09. The van der Waals surface area contributed by atoms with Crippen molar-refractivity contribution in [1.29, 1.82) is 0 Å². The van der Waals surface area contributed by atoms with E-state index < -0.39 is 0 Å². The Kier molecular flexibility index (Phi) is 4.16. The second-order valence-electron chi connectivity index (χ2n) is 6.49. The zero-order chi connectivity index (χ0) is 17.6. The highest BCUT2D eigenvalue weighted by Gasteiger charge is 2.29. The van der Waals surface area contributed by atoms with Crippen molar-refractivity contribution >= 4 is 28.8 Å². The molecule has 3 aromatic rings. The summed E-state index contributed by atoms with van der Waals surface area (Å²) >= 11 is 3.29. The summed E-state index contributed by atoms with van der Waals surface area (Å²) in [6, 6.07) is 8.57. The van der Waals surface area contributed by atoms with Gasteiger partial charge in [0.2, 0.25) is 11.0 Å². The first-order valence-corrected chi connectivity index (χ1v) is 9.90. The first kappa shape index (κ1) is 16.4. The van der Waals surface area contributed by atoms with Gasteiger partial charge in [-0.25, -0.2) is 9.66 Å². The number of anilines is 1. The summed E-state index contributed by atoms with van der Waals surface area (Å²) < 4.78 is 1.96. The van der Waals surface area contributed by atoms with Gasteiger partial charge in [-0.05, 0) is 23.6 Å². The van der Waals surface area contributed by atoms with Crippen LogP contribution in [0.2, 0.25) is 0 Å². The predicted molar refractivity (Wildman–Crippen MR) is 104 cm³/mol. The van der Waals surface area contributed by atoms with Gasteiger partial charge in [-0.15, -0.1) is 21.5 Å². The minimum absolute atomic E-state index is 0.130. The molecule has 3 heterocycles. The second-order valence-corrected chi connectivity index (χ2v) is 8.42. The standard InChI is InChI=1S/C17H20N6S2/c1-10(2)13-9-24-16(18-13)14-19-20-17-23(14)21-15(25-17)11-5-7-12(8-6-11)22(3)4/h5-10,15,21H,1-4H3. The normalized spacial score (nSPS) is 16.1. The molecule has 1 aliphatic rings.